The molecule has 0 N–H and O–H groups in total. The minimum atomic E-state index is -1.90. The summed E-state index contributed by atoms with van der Waals surface area (Å²) in [6, 6.07) is 5.38. The Kier molecular flexibility index (Phi) is 4.06. The van der Waals surface area contributed by atoms with Gasteiger partial charge in [-0.25, -0.2) is 0 Å². The summed E-state index contributed by atoms with van der Waals surface area (Å²) in [6.45, 7) is 0.667. The monoisotopic (exact) mass is 428 g/mol. The van der Waals surface area contributed by atoms with Crippen molar-refractivity contribution in [2.45, 2.75) is 21.4 Å². The molecule has 120 valence electrons. The highest BCUT2D eigenvalue weighted by Crippen LogP contribution is 2.54. The zero-order valence-corrected chi connectivity index (χ0v) is 15.3. The standard InChI is InChI=1S/C13H12BrCl3N2O3/c1-18-5-9-8-4-7(14)2-3-10(8)22-11(13(15,16)17)12(9,6-18)19(20)21/h2-4,9,11H,5-6H2,1H3/t9-,11+,12+/m1/s1. The number of alkyl halides is 3. The molecule has 0 aromatic heterocycles. The van der Waals surface area contributed by atoms with Gasteiger partial charge in [-0.2, -0.15) is 0 Å². The first-order chi connectivity index (χ1) is 10.2. The molecule has 5 nitrogen and oxygen atoms in total. The Morgan fingerprint density at radius 2 is 2.18 bits per heavy atom. The van der Waals surface area contributed by atoms with E-state index in [-0.39, 0.29) is 11.5 Å². The fourth-order valence-electron chi connectivity index (χ4n) is 3.47. The number of ether oxygens (including phenoxy) is 1. The number of likely N-dealkylation sites (N-methyl/N-ethyl adjacent to an activating group) is 1. The second kappa shape index (κ2) is 5.38. The van der Waals surface area contributed by atoms with E-state index in [1.54, 1.807) is 12.1 Å². The predicted molar refractivity (Wildman–Crippen MR) is 88.8 cm³/mol. The number of rotatable bonds is 1. The second-order valence-corrected chi connectivity index (χ2v) is 9.00. The van der Waals surface area contributed by atoms with E-state index in [1.807, 2.05) is 18.0 Å². The molecular formula is C13H12BrCl3N2O3. The highest BCUT2D eigenvalue weighted by atomic mass is 79.9. The molecule has 1 aromatic carbocycles. The summed E-state index contributed by atoms with van der Waals surface area (Å²) in [5.41, 5.74) is -0.728. The number of fused-ring (bicyclic) bond motifs is 3. The summed E-state index contributed by atoms with van der Waals surface area (Å²) in [6.07, 6.45) is -1.16. The van der Waals surface area contributed by atoms with Gasteiger partial charge < -0.3 is 4.74 Å². The van der Waals surface area contributed by atoms with Crippen molar-refractivity contribution in [1.29, 1.82) is 0 Å². The number of likely N-dealkylation sites (tertiary alicyclic amines) is 1. The molecule has 2 aliphatic rings. The maximum atomic E-state index is 12.0. The Bertz CT molecular complexity index is 639. The van der Waals surface area contributed by atoms with Crippen LogP contribution in [0.1, 0.15) is 11.5 Å². The van der Waals surface area contributed by atoms with Gasteiger partial charge in [0.1, 0.15) is 5.75 Å². The van der Waals surface area contributed by atoms with Crippen LogP contribution in [0.25, 0.3) is 0 Å². The lowest BCUT2D eigenvalue weighted by Gasteiger charge is -2.41. The van der Waals surface area contributed by atoms with Crippen molar-refractivity contribution in [2.75, 3.05) is 20.1 Å². The molecule has 1 saturated heterocycles. The summed E-state index contributed by atoms with van der Waals surface area (Å²) in [7, 11) is 1.82. The predicted octanol–water partition coefficient (Wildman–Crippen LogP) is 3.62. The van der Waals surface area contributed by atoms with Crippen LogP contribution in [0.2, 0.25) is 0 Å². The van der Waals surface area contributed by atoms with E-state index >= 15 is 0 Å². The molecular weight excluding hydrogens is 418 g/mol. The van der Waals surface area contributed by atoms with Crippen LogP contribution in [0.5, 0.6) is 5.75 Å². The molecule has 1 aromatic rings. The van der Waals surface area contributed by atoms with Gasteiger partial charge in [-0.15, -0.1) is 0 Å². The average Bonchev–Trinajstić information content (AvgIpc) is 2.75. The van der Waals surface area contributed by atoms with Gasteiger partial charge >= 0.3 is 0 Å². The Balaban J connectivity index is 2.23. The molecule has 0 unspecified atom stereocenters. The summed E-state index contributed by atoms with van der Waals surface area (Å²) in [4.78, 5) is 13.5. The van der Waals surface area contributed by atoms with Crippen LogP contribution >= 0.6 is 50.7 Å². The van der Waals surface area contributed by atoms with Crippen LogP contribution in [-0.4, -0.2) is 45.4 Å². The van der Waals surface area contributed by atoms with Crippen LogP contribution in [0.15, 0.2) is 22.7 Å². The van der Waals surface area contributed by atoms with Crippen molar-refractivity contribution in [1.82, 2.24) is 4.90 Å². The number of nitro groups is 1. The van der Waals surface area contributed by atoms with E-state index in [9.17, 15) is 10.1 Å². The van der Waals surface area contributed by atoms with Crippen LogP contribution in [0, 0.1) is 10.1 Å². The van der Waals surface area contributed by atoms with Crippen LogP contribution in [0.4, 0.5) is 0 Å². The quantitative estimate of drug-likeness (QED) is 0.388. The molecule has 9 heteroatoms. The number of hydrogen-bond acceptors (Lipinski definition) is 4. The lowest BCUT2D eigenvalue weighted by molar-refractivity contribution is -0.581. The van der Waals surface area contributed by atoms with E-state index in [1.165, 1.54) is 0 Å². The van der Waals surface area contributed by atoms with E-state index in [2.05, 4.69) is 15.9 Å². The van der Waals surface area contributed by atoms with Gasteiger partial charge in [-0.3, -0.25) is 15.0 Å². The fraction of sp³-hybridized carbons (Fsp3) is 0.538. The van der Waals surface area contributed by atoms with Gasteiger partial charge in [0.05, 0.1) is 12.5 Å². The molecule has 0 aliphatic carbocycles. The highest BCUT2D eigenvalue weighted by molar-refractivity contribution is 9.10. The van der Waals surface area contributed by atoms with Gasteiger partial charge in [0.25, 0.3) is 5.54 Å². The maximum absolute atomic E-state index is 12.0. The van der Waals surface area contributed by atoms with Gasteiger partial charge in [0.2, 0.25) is 9.90 Å². The van der Waals surface area contributed by atoms with Crippen molar-refractivity contribution >= 4 is 50.7 Å². The fourth-order valence-corrected chi connectivity index (χ4v) is 4.55. The number of nitrogens with zero attached hydrogens (tertiary/aromatic N) is 2. The van der Waals surface area contributed by atoms with Crippen molar-refractivity contribution in [3.8, 4) is 5.75 Å². The first-order valence-corrected chi connectivity index (χ1v) is 8.45. The summed E-state index contributed by atoms with van der Waals surface area (Å²) >= 11 is 21.5. The van der Waals surface area contributed by atoms with Gasteiger partial charge in [0.15, 0.2) is 0 Å². The molecule has 2 heterocycles. The SMILES string of the molecule is CN1C[C@@H]2c3cc(Br)ccc3O[C@H](C(Cl)(Cl)Cl)[C@]2([N+](=O)[O-])C1. The molecule has 1 fully saturated rings. The van der Waals surface area contributed by atoms with Crippen molar-refractivity contribution < 1.29 is 9.66 Å². The first kappa shape index (κ1) is 16.6. The Labute approximate surface area is 150 Å². The summed E-state index contributed by atoms with van der Waals surface area (Å²) in [5.74, 6) is 0.117. The van der Waals surface area contributed by atoms with Crippen LogP contribution in [-0.2, 0) is 0 Å². The molecule has 3 atom stereocenters. The Morgan fingerprint density at radius 1 is 1.50 bits per heavy atom. The van der Waals surface area contributed by atoms with E-state index in [0.29, 0.717) is 12.3 Å². The third-order valence-corrected chi connectivity index (χ3v) is 5.39. The minimum Gasteiger partial charge on any atom is -0.478 e. The molecule has 0 spiro atoms. The van der Waals surface area contributed by atoms with E-state index in [4.69, 9.17) is 39.5 Å². The van der Waals surface area contributed by atoms with E-state index < -0.39 is 21.4 Å². The normalized spacial score (nSPS) is 31.3. The Morgan fingerprint density at radius 3 is 2.77 bits per heavy atom. The van der Waals surface area contributed by atoms with Crippen LogP contribution < -0.4 is 4.74 Å². The van der Waals surface area contributed by atoms with Gasteiger partial charge in [-0.1, -0.05) is 50.7 Å². The van der Waals surface area contributed by atoms with E-state index in [0.717, 1.165) is 10.0 Å². The van der Waals surface area contributed by atoms with Crippen molar-refractivity contribution in [3.05, 3.63) is 38.3 Å². The lowest BCUT2D eigenvalue weighted by atomic mass is 9.76. The molecule has 0 amide bonds. The van der Waals surface area contributed by atoms with Gasteiger partial charge in [0, 0.05) is 21.5 Å². The zero-order chi connectivity index (χ0) is 16.3. The van der Waals surface area contributed by atoms with Crippen LogP contribution in [0.3, 0.4) is 0 Å². The third kappa shape index (κ3) is 2.40. The van der Waals surface area contributed by atoms with Crippen molar-refractivity contribution in [3.63, 3.8) is 0 Å². The highest BCUT2D eigenvalue weighted by Gasteiger charge is 2.70. The average molecular weight is 431 g/mol. The molecule has 3 rings (SSSR count). The summed E-state index contributed by atoms with van der Waals surface area (Å²) < 4.78 is 4.72. The molecule has 22 heavy (non-hydrogen) atoms. The molecule has 0 saturated carbocycles. The topological polar surface area (TPSA) is 55.6 Å². The maximum Gasteiger partial charge on any atom is 0.282 e. The molecule has 0 bridgehead atoms. The Hall–Kier alpha value is -0.270. The second-order valence-electron chi connectivity index (χ2n) is 5.72. The molecule has 2 aliphatic heterocycles. The third-order valence-electron chi connectivity index (χ3n) is 4.30. The largest absolute Gasteiger partial charge is 0.478 e. The van der Waals surface area contributed by atoms with Crippen molar-refractivity contribution in [2.24, 2.45) is 0 Å². The zero-order valence-electron chi connectivity index (χ0n) is 11.4. The lowest BCUT2D eigenvalue weighted by Crippen LogP contribution is -2.63. The summed E-state index contributed by atoms with van der Waals surface area (Å²) in [5, 5.41) is 12.0. The number of halogens is 4. The van der Waals surface area contributed by atoms with Gasteiger partial charge in [-0.05, 0) is 25.2 Å². The smallest absolute Gasteiger partial charge is 0.282 e. The minimum absolute atomic E-state index is 0.162. The number of benzene rings is 1. The first-order valence-electron chi connectivity index (χ1n) is 6.52. The number of hydrogen-bond donors (Lipinski definition) is 0. The molecule has 0 radical (unpaired) electrons.